The van der Waals surface area contributed by atoms with E-state index in [0.717, 1.165) is 11.4 Å². The summed E-state index contributed by atoms with van der Waals surface area (Å²) in [4.78, 5) is 0. The number of hydrogen-bond acceptors (Lipinski definition) is 7. The highest BCUT2D eigenvalue weighted by Gasteiger charge is 2.25. The van der Waals surface area contributed by atoms with E-state index in [9.17, 15) is 9.67 Å². The Morgan fingerprint density at radius 1 is 1.44 bits per heavy atom. The van der Waals surface area contributed by atoms with Gasteiger partial charge in [0.05, 0.1) is 12.1 Å². The van der Waals surface area contributed by atoms with Crippen molar-refractivity contribution in [2.75, 3.05) is 26.6 Å². The molecular weight excluding hydrogens is 253 g/mol. The molecule has 0 aliphatic rings. The number of ether oxygens (including phenoxy) is 1. The fourth-order valence-corrected chi connectivity index (χ4v) is 2.98. The summed E-state index contributed by atoms with van der Waals surface area (Å²) in [5.41, 5.74) is 4.79. The van der Waals surface area contributed by atoms with Crippen molar-refractivity contribution in [1.82, 2.24) is 0 Å². The molecule has 98 valence electrons. The van der Waals surface area contributed by atoms with Gasteiger partial charge in [-0.25, -0.2) is 4.57 Å². The van der Waals surface area contributed by atoms with Crippen molar-refractivity contribution in [3.05, 3.63) is 0 Å². The highest BCUT2D eigenvalue weighted by Crippen LogP contribution is 2.59. The van der Waals surface area contributed by atoms with Crippen molar-refractivity contribution in [1.29, 1.82) is 0 Å². The van der Waals surface area contributed by atoms with Gasteiger partial charge in [0.1, 0.15) is 0 Å². The summed E-state index contributed by atoms with van der Waals surface area (Å²) in [6.45, 7) is 0.459. The Bertz CT molecular complexity index is 237. The maximum absolute atomic E-state index is 11.6. The van der Waals surface area contributed by atoms with Crippen LogP contribution in [0.4, 0.5) is 0 Å². The minimum atomic E-state index is -3.06. The number of aliphatic hydroxyl groups is 1. The molecule has 0 aromatic rings. The Morgan fingerprint density at radius 3 is 2.31 bits per heavy atom. The highest BCUT2D eigenvalue weighted by atomic mass is 32.7. The van der Waals surface area contributed by atoms with Gasteiger partial charge in [-0.05, 0) is 25.2 Å². The summed E-state index contributed by atoms with van der Waals surface area (Å²) in [6, 6.07) is 0. The van der Waals surface area contributed by atoms with Gasteiger partial charge in [0.2, 0.25) is 0 Å². The molecule has 0 saturated carbocycles. The molecule has 16 heavy (non-hydrogen) atoms. The van der Waals surface area contributed by atoms with Crippen LogP contribution >= 0.6 is 18.2 Å². The average Bonchev–Trinajstić information content (AvgIpc) is 2.22. The zero-order valence-electron chi connectivity index (χ0n) is 10.0. The molecule has 0 aromatic carbocycles. The normalized spacial score (nSPS) is 15.1. The smallest absolute Gasteiger partial charge is 0.366 e. The van der Waals surface area contributed by atoms with Crippen LogP contribution in [0.5, 0.6) is 0 Å². The van der Waals surface area contributed by atoms with Gasteiger partial charge in [0.25, 0.3) is 0 Å². The van der Waals surface area contributed by atoms with Crippen molar-refractivity contribution in [2.24, 2.45) is 5.73 Å². The van der Waals surface area contributed by atoms with E-state index in [1.807, 2.05) is 0 Å². The van der Waals surface area contributed by atoms with Crippen molar-refractivity contribution in [3.63, 3.8) is 0 Å². The average molecular weight is 273 g/mol. The van der Waals surface area contributed by atoms with Crippen LogP contribution in [0.1, 0.15) is 13.8 Å². The van der Waals surface area contributed by atoms with Gasteiger partial charge in [0, 0.05) is 20.0 Å². The standard InChI is InChI=1S/C8H20NO5PS/c1-8(2,9)7(10)14-5-6-16-15(11,12-3)13-4/h7,10H,5-6,9H2,1-4H3. The molecule has 1 atom stereocenters. The van der Waals surface area contributed by atoms with E-state index in [4.69, 9.17) is 19.5 Å². The molecular formula is C8H20NO5PS. The molecule has 0 radical (unpaired) electrons. The SMILES string of the molecule is COP(=O)(OC)SCCOC(O)C(C)(C)N. The second kappa shape index (κ2) is 6.96. The Morgan fingerprint density at radius 2 is 1.94 bits per heavy atom. The first-order valence-corrected chi connectivity index (χ1v) is 7.83. The lowest BCUT2D eigenvalue weighted by molar-refractivity contribution is -0.130. The Labute approximate surface area is 100 Å². The van der Waals surface area contributed by atoms with E-state index in [-0.39, 0.29) is 6.61 Å². The number of aliphatic hydroxyl groups excluding tert-OH is 1. The predicted molar refractivity (Wildman–Crippen MR) is 64.3 cm³/mol. The van der Waals surface area contributed by atoms with E-state index < -0.39 is 18.6 Å². The summed E-state index contributed by atoms with van der Waals surface area (Å²) in [6.07, 6.45) is -1.06. The van der Waals surface area contributed by atoms with Crippen LogP contribution in [0.2, 0.25) is 0 Å². The molecule has 0 saturated heterocycles. The molecule has 0 heterocycles. The molecule has 3 N–H and O–H groups in total. The minimum absolute atomic E-state index is 0.211. The van der Waals surface area contributed by atoms with Gasteiger partial charge in [-0.2, -0.15) is 0 Å². The van der Waals surface area contributed by atoms with Gasteiger partial charge in [-0.3, -0.25) is 0 Å². The number of nitrogens with two attached hydrogens (primary N) is 1. The van der Waals surface area contributed by atoms with E-state index in [1.165, 1.54) is 14.2 Å². The molecule has 0 aliphatic carbocycles. The largest absolute Gasteiger partial charge is 0.388 e. The second-order valence-electron chi connectivity index (χ2n) is 3.69. The van der Waals surface area contributed by atoms with Crippen LogP contribution in [-0.2, 0) is 18.3 Å². The third-order valence-corrected chi connectivity index (χ3v) is 5.64. The maximum atomic E-state index is 11.6. The molecule has 0 aromatic heterocycles. The zero-order valence-corrected chi connectivity index (χ0v) is 11.7. The third kappa shape index (κ3) is 6.20. The number of hydrogen-bond donors (Lipinski definition) is 2. The van der Waals surface area contributed by atoms with Crippen LogP contribution in [0, 0.1) is 0 Å². The fourth-order valence-electron chi connectivity index (χ4n) is 0.704. The van der Waals surface area contributed by atoms with Gasteiger partial charge in [-0.1, -0.05) is 0 Å². The number of rotatable bonds is 8. The highest BCUT2D eigenvalue weighted by molar-refractivity contribution is 8.55. The molecule has 0 aliphatic heterocycles. The van der Waals surface area contributed by atoms with E-state index >= 15 is 0 Å². The van der Waals surface area contributed by atoms with Crippen molar-refractivity contribution < 1.29 is 23.5 Å². The first kappa shape index (κ1) is 16.4. The molecule has 0 spiro atoms. The topological polar surface area (TPSA) is 91.0 Å². The molecule has 0 fully saturated rings. The second-order valence-corrected chi connectivity index (χ2v) is 8.10. The first-order valence-electron chi connectivity index (χ1n) is 4.70. The first-order chi connectivity index (χ1) is 7.25. The summed E-state index contributed by atoms with van der Waals surface area (Å²) >= 11 is 1.01. The van der Waals surface area contributed by atoms with Crippen molar-refractivity contribution >= 4 is 18.2 Å². The van der Waals surface area contributed by atoms with E-state index in [2.05, 4.69) is 0 Å². The lowest BCUT2D eigenvalue weighted by Gasteiger charge is -2.25. The van der Waals surface area contributed by atoms with Crippen molar-refractivity contribution in [2.45, 2.75) is 25.7 Å². The third-order valence-electron chi connectivity index (χ3n) is 1.69. The van der Waals surface area contributed by atoms with Gasteiger partial charge >= 0.3 is 6.80 Å². The van der Waals surface area contributed by atoms with Gasteiger partial charge in [0.15, 0.2) is 6.29 Å². The fraction of sp³-hybridized carbons (Fsp3) is 1.00. The Balaban J connectivity index is 3.81. The quantitative estimate of drug-likeness (QED) is 0.390. The lowest BCUT2D eigenvalue weighted by atomic mass is 10.1. The summed E-state index contributed by atoms with van der Waals surface area (Å²) in [7, 11) is 2.63. The van der Waals surface area contributed by atoms with Crippen LogP contribution in [0.15, 0.2) is 0 Å². The maximum Gasteiger partial charge on any atom is 0.388 e. The molecule has 1 unspecified atom stereocenters. The summed E-state index contributed by atoms with van der Waals surface area (Å²) in [5.74, 6) is 0.381. The van der Waals surface area contributed by atoms with Crippen LogP contribution in [0.25, 0.3) is 0 Å². The summed E-state index contributed by atoms with van der Waals surface area (Å²) in [5, 5.41) is 9.44. The van der Waals surface area contributed by atoms with E-state index in [1.54, 1.807) is 13.8 Å². The molecule has 0 amide bonds. The van der Waals surface area contributed by atoms with Crippen LogP contribution in [-0.4, -0.2) is 43.5 Å². The predicted octanol–water partition coefficient (Wildman–Crippen LogP) is 1.19. The zero-order chi connectivity index (χ0) is 12.8. The molecule has 0 rings (SSSR count). The molecule has 6 nitrogen and oxygen atoms in total. The van der Waals surface area contributed by atoms with Gasteiger partial charge in [-0.15, -0.1) is 0 Å². The van der Waals surface area contributed by atoms with E-state index in [0.29, 0.717) is 5.75 Å². The monoisotopic (exact) mass is 273 g/mol. The molecule has 8 heteroatoms. The van der Waals surface area contributed by atoms with Crippen LogP contribution < -0.4 is 5.73 Å². The summed E-state index contributed by atoms with van der Waals surface area (Å²) < 4.78 is 26.1. The van der Waals surface area contributed by atoms with Crippen LogP contribution in [0.3, 0.4) is 0 Å². The van der Waals surface area contributed by atoms with Crippen molar-refractivity contribution in [3.8, 4) is 0 Å². The Kier molecular flexibility index (Phi) is 7.12. The minimum Gasteiger partial charge on any atom is -0.366 e. The lowest BCUT2D eigenvalue weighted by Crippen LogP contribution is -2.46. The van der Waals surface area contributed by atoms with Gasteiger partial charge < -0.3 is 24.6 Å². The molecule has 0 bridgehead atoms. The Hall–Kier alpha value is 0.380.